The van der Waals surface area contributed by atoms with Gasteiger partial charge in [0, 0.05) is 18.8 Å². The zero-order chi connectivity index (χ0) is 5.82. The van der Waals surface area contributed by atoms with Crippen LogP contribution in [-0.4, -0.2) is 13.2 Å². The third kappa shape index (κ3) is 1.35. The highest BCUT2D eigenvalue weighted by Crippen LogP contribution is 2.06. The maximum Gasteiger partial charge on any atom is 0.0668 e. The van der Waals surface area contributed by atoms with E-state index in [-0.39, 0.29) is 0 Å². The monoisotopic (exact) mass is 129 g/mol. The maximum atomic E-state index is 5.02. The molecule has 2 nitrogen and oxygen atoms in total. The average Bonchev–Trinajstić information content (AvgIpc) is 1.90. The Balaban J connectivity index is 2.49. The lowest BCUT2D eigenvalue weighted by molar-refractivity contribution is 0.154. The van der Waals surface area contributed by atoms with Gasteiger partial charge in [0.25, 0.3) is 0 Å². The molecule has 0 bridgehead atoms. The van der Waals surface area contributed by atoms with Crippen molar-refractivity contribution in [3.63, 3.8) is 0 Å². The molecule has 0 amide bonds. The van der Waals surface area contributed by atoms with Gasteiger partial charge in [0.05, 0.1) is 18.9 Å². The van der Waals surface area contributed by atoms with E-state index in [4.69, 9.17) is 4.74 Å². The molecule has 1 aliphatic heterocycles. The van der Waals surface area contributed by atoms with E-state index in [0.29, 0.717) is 6.61 Å². The first-order valence-electron chi connectivity index (χ1n) is 2.53. The summed E-state index contributed by atoms with van der Waals surface area (Å²) in [5.74, 6) is 0. The molecule has 1 heterocycles. The SMILES string of the molecule is S=NC1=CCOCC1. The van der Waals surface area contributed by atoms with Crippen LogP contribution in [0.25, 0.3) is 0 Å². The lowest BCUT2D eigenvalue weighted by atomic mass is 10.3. The average molecular weight is 129 g/mol. The fourth-order valence-corrected chi connectivity index (χ4v) is 0.766. The van der Waals surface area contributed by atoms with Gasteiger partial charge in [-0.3, -0.25) is 0 Å². The molecule has 0 saturated heterocycles. The molecule has 0 aromatic heterocycles. The molecule has 0 saturated carbocycles. The first-order chi connectivity index (χ1) is 3.93. The number of ether oxygens (including phenoxy) is 1. The molecule has 1 aliphatic rings. The lowest BCUT2D eigenvalue weighted by Crippen LogP contribution is -2.02. The van der Waals surface area contributed by atoms with Crippen molar-refractivity contribution in [2.45, 2.75) is 6.42 Å². The first kappa shape index (κ1) is 5.85. The number of hydrogen-bond acceptors (Lipinski definition) is 3. The van der Waals surface area contributed by atoms with Gasteiger partial charge in [0.15, 0.2) is 0 Å². The van der Waals surface area contributed by atoms with Crippen LogP contribution in [0.4, 0.5) is 0 Å². The molecule has 0 unspecified atom stereocenters. The first-order valence-corrected chi connectivity index (χ1v) is 2.90. The Labute approximate surface area is 53.7 Å². The Hall–Kier alpha value is -0.280. The quantitative estimate of drug-likeness (QED) is 0.527. The van der Waals surface area contributed by atoms with Gasteiger partial charge < -0.3 is 4.74 Å². The van der Waals surface area contributed by atoms with Crippen molar-refractivity contribution in [1.29, 1.82) is 0 Å². The van der Waals surface area contributed by atoms with Crippen LogP contribution in [0.2, 0.25) is 0 Å². The van der Waals surface area contributed by atoms with Crippen LogP contribution in [0.1, 0.15) is 6.42 Å². The molecule has 1 rings (SSSR count). The highest BCUT2D eigenvalue weighted by atomic mass is 32.1. The number of rotatable bonds is 1. The van der Waals surface area contributed by atoms with Crippen molar-refractivity contribution in [2.75, 3.05) is 13.2 Å². The zero-order valence-corrected chi connectivity index (χ0v) is 5.28. The van der Waals surface area contributed by atoms with E-state index in [1.807, 2.05) is 6.08 Å². The van der Waals surface area contributed by atoms with E-state index in [9.17, 15) is 0 Å². The Kier molecular flexibility index (Phi) is 2.11. The molecule has 0 aliphatic carbocycles. The van der Waals surface area contributed by atoms with Crippen LogP contribution in [0.5, 0.6) is 0 Å². The summed E-state index contributed by atoms with van der Waals surface area (Å²) in [4.78, 5) is 0. The van der Waals surface area contributed by atoms with Crippen molar-refractivity contribution in [2.24, 2.45) is 4.36 Å². The smallest absolute Gasteiger partial charge is 0.0668 e. The zero-order valence-electron chi connectivity index (χ0n) is 4.46. The second-order valence-electron chi connectivity index (χ2n) is 1.61. The molecule has 3 heteroatoms. The predicted molar refractivity (Wildman–Crippen MR) is 33.3 cm³/mol. The molecule has 0 radical (unpaired) electrons. The van der Waals surface area contributed by atoms with E-state index in [0.717, 1.165) is 18.7 Å². The van der Waals surface area contributed by atoms with Crippen LogP contribution in [0, 0.1) is 0 Å². The van der Waals surface area contributed by atoms with E-state index >= 15 is 0 Å². The Morgan fingerprint density at radius 1 is 1.75 bits per heavy atom. The van der Waals surface area contributed by atoms with E-state index in [1.165, 1.54) is 0 Å². The molecular weight excluding hydrogens is 122 g/mol. The maximum absolute atomic E-state index is 5.02. The van der Waals surface area contributed by atoms with Gasteiger partial charge in [-0.2, -0.15) is 4.36 Å². The Morgan fingerprint density at radius 2 is 2.62 bits per heavy atom. The molecule has 8 heavy (non-hydrogen) atoms. The van der Waals surface area contributed by atoms with Crippen LogP contribution < -0.4 is 0 Å². The van der Waals surface area contributed by atoms with Crippen molar-refractivity contribution >= 4 is 12.4 Å². The van der Waals surface area contributed by atoms with Crippen molar-refractivity contribution < 1.29 is 4.74 Å². The highest BCUT2D eigenvalue weighted by molar-refractivity contribution is 7.47. The minimum atomic E-state index is 0.676. The standard InChI is InChI=1S/C5H7NOS/c8-6-5-1-3-7-4-2-5/h1H,2-4H2. The van der Waals surface area contributed by atoms with Crippen LogP contribution in [0.15, 0.2) is 16.1 Å². The largest absolute Gasteiger partial charge is 0.377 e. The van der Waals surface area contributed by atoms with E-state index in [1.54, 1.807) is 0 Å². The number of nitrogens with zero attached hydrogens (tertiary/aromatic N) is 1. The minimum Gasteiger partial charge on any atom is -0.377 e. The second kappa shape index (κ2) is 2.89. The van der Waals surface area contributed by atoms with Gasteiger partial charge in [0.2, 0.25) is 0 Å². The summed E-state index contributed by atoms with van der Waals surface area (Å²) in [7, 11) is 0. The van der Waals surface area contributed by atoms with Crippen LogP contribution >= 0.6 is 0 Å². The van der Waals surface area contributed by atoms with Crippen molar-refractivity contribution in [3.05, 3.63) is 11.8 Å². The molecular formula is C5H7NOS. The molecule has 0 N–H and O–H groups in total. The van der Waals surface area contributed by atoms with Gasteiger partial charge in [-0.15, -0.1) is 0 Å². The van der Waals surface area contributed by atoms with E-state index in [2.05, 4.69) is 16.8 Å². The summed E-state index contributed by atoms with van der Waals surface area (Å²) in [5.41, 5.74) is 0.992. The highest BCUT2D eigenvalue weighted by Gasteiger charge is 1.99. The fourth-order valence-electron chi connectivity index (χ4n) is 0.600. The fraction of sp³-hybridized carbons (Fsp3) is 0.600. The summed E-state index contributed by atoms with van der Waals surface area (Å²) in [5, 5.41) is 0. The van der Waals surface area contributed by atoms with Crippen molar-refractivity contribution in [1.82, 2.24) is 0 Å². The van der Waals surface area contributed by atoms with Gasteiger partial charge >= 0.3 is 0 Å². The Bertz CT molecular complexity index is 122. The molecule has 0 fully saturated rings. The molecule has 0 spiro atoms. The minimum absolute atomic E-state index is 0.676. The summed E-state index contributed by atoms with van der Waals surface area (Å²) in [6, 6.07) is 0. The topological polar surface area (TPSA) is 21.6 Å². The molecule has 44 valence electrons. The van der Waals surface area contributed by atoms with Crippen LogP contribution in [0.3, 0.4) is 0 Å². The van der Waals surface area contributed by atoms with Crippen molar-refractivity contribution in [3.8, 4) is 0 Å². The lowest BCUT2D eigenvalue weighted by Gasteiger charge is -2.06. The van der Waals surface area contributed by atoms with E-state index < -0.39 is 0 Å². The van der Waals surface area contributed by atoms with Gasteiger partial charge in [0.1, 0.15) is 0 Å². The summed E-state index contributed by atoms with van der Waals surface area (Å²) < 4.78 is 8.63. The van der Waals surface area contributed by atoms with Gasteiger partial charge in [-0.25, -0.2) is 0 Å². The normalized spacial score (nSPS) is 19.8. The second-order valence-corrected chi connectivity index (χ2v) is 1.79. The third-order valence-corrected chi connectivity index (χ3v) is 1.29. The summed E-state index contributed by atoms with van der Waals surface area (Å²) in [6.07, 6.45) is 2.79. The molecule has 0 aromatic rings. The van der Waals surface area contributed by atoms with Gasteiger partial charge in [-0.05, 0) is 6.08 Å². The third-order valence-electron chi connectivity index (χ3n) is 1.06. The summed E-state index contributed by atoms with van der Waals surface area (Å²) in [6.45, 7) is 1.45. The predicted octanol–water partition coefficient (Wildman–Crippen LogP) is 1.02. The summed E-state index contributed by atoms with van der Waals surface area (Å²) >= 11 is 4.47. The van der Waals surface area contributed by atoms with Crippen LogP contribution in [-0.2, 0) is 17.2 Å². The number of hydrogen-bond donors (Lipinski definition) is 0. The molecule has 0 atom stereocenters. The molecule has 0 aromatic carbocycles. The van der Waals surface area contributed by atoms with Gasteiger partial charge in [-0.1, -0.05) is 0 Å². The Morgan fingerprint density at radius 3 is 3.00 bits per heavy atom.